The molecule has 0 amide bonds. The number of hydrogen-bond donors (Lipinski definition) is 1. The molecule has 0 heterocycles. The Labute approximate surface area is 121 Å². The SMILES string of the molecule is COc1cccc(NC2(C#N)CCC(C(C)C)CC2)c1. The second-order valence-corrected chi connectivity index (χ2v) is 6.13. The second-order valence-electron chi connectivity index (χ2n) is 6.13. The molecule has 1 aromatic rings. The topological polar surface area (TPSA) is 45.0 Å². The van der Waals surface area contributed by atoms with Crippen LogP contribution < -0.4 is 10.1 Å². The number of nitrogens with one attached hydrogen (secondary N) is 1. The Bertz CT molecular complexity index is 482. The molecule has 1 N–H and O–H groups in total. The summed E-state index contributed by atoms with van der Waals surface area (Å²) in [6.45, 7) is 4.55. The van der Waals surface area contributed by atoms with Gasteiger partial charge in [-0.05, 0) is 49.7 Å². The van der Waals surface area contributed by atoms with Gasteiger partial charge in [-0.2, -0.15) is 5.26 Å². The lowest BCUT2D eigenvalue weighted by Gasteiger charge is -2.37. The molecule has 0 aromatic heterocycles. The monoisotopic (exact) mass is 272 g/mol. The number of rotatable bonds is 4. The maximum atomic E-state index is 9.61. The van der Waals surface area contributed by atoms with Crippen LogP contribution in [-0.4, -0.2) is 12.6 Å². The summed E-state index contributed by atoms with van der Waals surface area (Å²) in [6.07, 6.45) is 4.09. The maximum absolute atomic E-state index is 9.61. The molecule has 0 spiro atoms. The molecule has 0 radical (unpaired) electrons. The molecule has 3 heteroatoms. The van der Waals surface area contributed by atoms with E-state index in [2.05, 4.69) is 25.2 Å². The van der Waals surface area contributed by atoms with E-state index in [1.807, 2.05) is 24.3 Å². The van der Waals surface area contributed by atoms with Crippen LogP contribution in [0.15, 0.2) is 24.3 Å². The summed E-state index contributed by atoms with van der Waals surface area (Å²) in [5.41, 5.74) is 0.548. The van der Waals surface area contributed by atoms with Gasteiger partial charge in [0.15, 0.2) is 0 Å². The van der Waals surface area contributed by atoms with E-state index in [1.54, 1.807) is 7.11 Å². The molecule has 1 aliphatic carbocycles. The molecule has 0 unspecified atom stereocenters. The molecular weight excluding hydrogens is 248 g/mol. The van der Waals surface area contributed by atoms with Crippen molar-refractivity contribution in [3.8, 4) is 11.8 Å². The molecule has 1 saturated carbocycles. The number of hydrogen-bond acceptors (Lipinski definition) is 3. The van der Waals surface area contributed by atoms with Crippen LogP contribution in [0.1, 0.15) is 39.5 Å². The Morgan fingerprint density at radius 2 is 2.05 bits per heavy atom. The molecule has 0 bridgehead atoms. The summed E-state index contributed by atoms with van der Waals surface area (Å²) in [5.74, 6) is 2.28. The van der Waals surface area contributed by atoms with Crippen LogP contribution in [0.4, 0.5) is 5.69 Å². The maximum Gasteiger partial charge on any atom is 0.125 e. The van der Waals surface area contributed by atoms with E-state index < -0.39 is 5.54 Å². The van der Waals surface area contributed by atoms with Crippen molar-refractivity contribution < 1.29 is 4.74 Å². The Kier molecular flexibility index (Phi) is 4.54. The molecule has 1 aromatic carbocycles. The Balaban J connectivity index is 2.08. The van der Waals surface area contributed by atoms with Gasteiger partial charge in [0.25, 0.3) is 0 Å². The Hall–Kier alpha value is -1.69. The van der Waals surface area contributed by atoms with Crippen LogP contribution in [0.25, 0.3) is 0 Å². The van der Waals surface area contributed by atoms with Crippen molar-refractivity contribution in [1.82, 2.24) is 0 Å². The third-order valence-corrected chi connectivity index (χ3v) is 4.49. The van der Waals surface area contributed by atoms with Gasteiger partial charge in [-0.15, -0.1) is 0 Å². The van der Waals surface area contributed by atoms with Crippen molar-refractivity contribution in [2.75, 3.05) is 12.4 Å². The van der Waals surface area contributed by atoms with Gasteiger partial charge >= 0.3 is 0 Å². The minimum atomic E-state index is -0.419. The first kappa shape index (κ1) is 14.7. The molecule has 0 atom stereocenters. The quantitative estimate of drug-likeness (QED) is 0.892. The number of ether oxygens (including phenoxy) is 1. The smallest absolute Gasteiger partial charge is 0.125 e. The van der Waals surface area contributed by atoms with Crippen molar-refractivity contribution >= 4 is 5.69 Å². The fourth-order valence-electron chi connectivity index (χ4n) is 3.04. The van der Waals surface area contributed by atoms with Gasteiger partial charge in [0, 0.05) is 11.8 Å². The predicted octanol–water partition coefficient (Wildman–Crippen LogP) is 4.22. The first-order valence-corrected chi connectivity index (χ1v) is 7.42. The fourth-order valence-corrected chi connectivity index (χ4v) is 3.04. The number of methoxy groups -OCH3 is 1. The third-order valence-electron chi connectivity index (χ3n) is 4.49. The van der Waals surface area contributed by atoms with Gasteiger partial charge < -0.3 is 10.1 Å². The van der Waals surface area contributed by atoms with Crippen LogP contribution in [0, 0.1) is 23.2 Å². The normalized spacial score (nSPS) is 26.1. The minimum Gasteiger partial charge on any atom is -0.497 e. The minimum absolute atomic E-state index is 0.419. The number of nitriles is 1. The summed E-state index contributed by atoms with van der Waals surface area (Å²) in [7, 11) is 1.66. The lowest BCUT2D eigenvalue weighted by molar-refractivity contribution is 0.239. The van der Waals surface area contributed by atoms with E-state index in [9.17, 15) is 5.26 Å². The summed E-state index contributed by atoms with van der Waals surface area (Å²) >= 11 is 0. The number of benzene rings is 1. The molecule has 108 valence electrons. The van der Waals surface area contributed by atoms with E-state index in [-0.39, 0.29) is 0 Å². The molecule has 0 aliphatic heterocycles. The molecular formula is C17H24N2O. The van der Waals surface area contributed by atoms with Crippen molar-refractivity contribution in [2.45, 2.75) is 45.1 Å². The van der Waals surface area contributed by atoms with Gasteiger partial charge in [-0.3, -0.25) is 0 Å². The average molecular weight is 272 g/mol. The highest BCUT2D eigenvalue weighted by Crippen LogP contribution is 2.37. The van der Waals surface area contributed by atoms with E-state index >= 15 is 0 Å². The zero-order valence-electron chi connectivity index (χ0n) is 12.6. The summed E-state index contributed by atoms with van der Waals surface area (Å²) in [5, 5.41) is 13.0. The average Bonchev–Trinajstić information content (AvgIpc) is 2.48. The van der Waals surface area contributed by atoms with E-state index in [0.29, 0.717) is 5.92 Å². The third kappa shape index (κ3) is 3.25. The first-order chi connectivity index (χ1) is 9.58. The molecule has 2 rings (SSSR count). The van der Waals surface area contributed by atoms with Crippen LogP contribution in [-0.2, 0) is 0 Å². The van der Waals surface area contributed by atoms with Gasteiger partial charge in [-0.1, -0.05) is 19.9 Å². The van der Waals surface area contributed by atoms with E-state index in [0.717, 1.165) is 43.0 Å². The van der Waals surface area contributed by atoms with Gasteiger partial charge in [0.05, 0.1) is 13.2 Å². The van der Waals surface area contributed by atoms with Crippen molar-refractivity contribution in [2.24, 2.45) is 11.8 Å². The number of anilines is 1. The van der Waals surface area contributed by atoms with Crippen LogP contribution >= 0.6 is 0 Å². The molecule has 20 heavy (non-hydrogen) atoms. The van der Waals surface area contributed by atoms with Crippen LogP contribution in [0.5, 0.6) is 5.75 Å². The predicted molar refractivity (Wildman–Crippen MR) is 81.8 cm³/mol. The van der Waals surface area contributed by atoms with Crippen LogP contribution in [0.3, 0.4) is 0 Å². The summed E-state index contributed by atoms with van der Waals surface area (Å²) in [4.78, 5) is 0. The highest BCUT2D eigenvalue weighted by atomic mass is 16.5. The van der Waals surface area contributed by atoms with E-state index in [4.69, 9.17) is 4.74 Å². The van der Waals surface area contributed by atoms with Gasteiger partial charge in [0.1, 0.15) is 11.3 Å². The summed E-state index contributed by atoms with van der Waals surface area (Å²) in [6, 6.07) is 10.3. The molecule has 1 fully saturated rings. The summed E-state index contributed by atoms with van der Waals surface area (Å²) < 4.78 is 5.24. The molecule has 0 saturated heterocycles. The zero-order chi connectivity index (χ0) is 14.6. The second kappa shape index (κ2) is 6.17. The largest absolute Gasteiger partial charge is 0.497 e. The van der Waals surface area contributed by atoms with E-state index in [1.165, 1.54) is 0 Å². The highest BCUT2D eigenvalue weighted by Gasteiger charge is 2.36. The molecule has 3 nitrogen and oxygen atoms in total. The number of nitrogens with zero attached hydrogens (tertiary/aromatic N) is 1. The Morgan fingerprint density at radius 1 is 1.35 bits per heavy atom. The lowest BCUT2D eigenvalue weighted by Crippen LogP contribution is -2.41. The van der Waals surface area contributed by atoms with Crippen molar-refractivity contribution in [3.05, 3.63) is 24.3 Å². The van der Waals surface area contributed by atoms with Crippen molar-refractivity contribution in [1.29, 1.82) is 5.26 Å². The highest BCUT2D eigenvalue weighted by molar-refractivity contribution is 5.51. The fraction of sp³-hybridized carbons (Fsp3) is 0.588. The van der Waals surface area contributed by atoms with Crippen molar-refractivity contribution in [3.63, 3.8) is 0 Å². The van der Waals surface area contributed by atoms with Gasteiger partial charge in [0.2, 0.25) is 0 Å². The lowest BCUT2D eigenvalue weighted by atomic mass is 9.73. The standard InChI is InChI=1S/C17H24N2O/c1-13(2)14-7-9-17(12-18,10-8-14)19-15-5-4-6-16(11-15)20-3/h4-6,11,13-14,19H,7-10H2,1-3H3. The first-order valence-electron chi connectivity index (χ1n) is 7.42. The molecule has 1 aliphatic rings. The Morgan fingerprint density at radius 3 is 2.60 bits per heavy atom. The van der Waals surface area contributed by atoms with Crippen LogP contribution in [0.2, 0.25) is 0 Å². The van der Waals surface area contributed by atoms with Gasteiger partial charge in [-0.25, -0.2) is 0 Å². The zero-order valence-corrected chi connectivity index (χ0v) is 12.6.